The van der Waals surface area contributed by atoms with E-state index >= 15 is 0 Å². The molecular formula is C13H23NO3. The first-order chi connectivity index (χ1) is 8.20. The number of methoxy groups -OCH3 is 1. The van der Waals surface area contributed by atoms with Crippen molar-refractivity contribution in [1.82, 2.24) is 5.32 Å². The molecular weight excluding hydrogens is 218 g/mol. The summed E-state index contributed by atoms with van der Waals surface area (Å²) in [5.41, 5.74) is 0. The molecule has 98 valence electrons. The van der Waals surface area contributed by atoms with Crippen molar-refractivity contribution in [1.29, 1.82) is 0 Å². The quantitative estimate of drug-likeness (QED) is 0.768. The zero-order valence-corrected chi connectivity index (χ0v) is 10.5. The second-order valence-corrected chi connectivity index (χ2v) is 5.42. The maximum Gasteiger partial charge on any atom is 0.306 e. The molecule has 2 atom stereocenters. The van der Waals surface area contributed by atoms with Crippen LogP contribution in [-0.2, 0) is 9.53 Å². The fourth-order valence-corrected chi connectivity index (χ4v) is 3.02. The Morgan fingerprint density at radius 1 is 1.35 bits per heavy atom. The number of carbonyl (C=O) groups is 1. The Kier molecular flexibility index (Phi) is 4.40. The van der Waals surface area contributed by atoms with Crippen molar-refractivity contribution < 1.29 is 14.6 Å². The van der Waals surface area contributed by atoms with E-state index in [1.807, 2.05) is 0 Å². The number of hydrogen-bond acceptors (Lipinski definition) is 3. The minimum absolute atomic E-state index is 0.130. The summed E-state index contributed by atoms with van der Waals surface area (Å²) < 4.78 is 5.23. The number of rotatable bonds is 5. The molecule has 0 aromatic heterocycles. The van der Waals surface area contributed by atoms with Crippen LogP contribution in [0.15, 0.2) is 0 Å². The van der Waals surface area contributed by atoms with Crippen LogP contribution in [0, 0.1) is 11.8 Å². The van der Waals surface area contributed by atoms with Crippen LogP contribution in [0.4, 0.5) is 0 Å². The van der Waals surface area contributed by atoms with Crippen LogP contribution >= 0.6 is 0 Å². The third-order valence-corrected chi connectivity index (χ3v) is 4.32. The number of ether oxygens (including phenoxy) is 1. The number of hydrogen-bond donors (Lipinski definition) is 2. The number of aliphatic carboxylic acids is 1. The lowest BCUT2D eigenvalue weighted by Crippen LogP contribution is -2.48. The predicted molar refractivity (Wildman–Crippen MR) is 64.9 cm³/mol. The Labute approximate surface area is 103 Å². The van der Waals surface area contributed by atoms with Gasteiger partial charge in [-0.1, -0.05) is 12.8 Å². The molecule has 0 amide bonds. The van der Waals surface area contributed by atoms with Gasteiger partial charge in [0.2, 0.25) is 0 Å². The summed E-state index contributed by atoms with van der Waals surface area (Å²) in [6.07, 6.45) is 6.72. The van der Waals surface area contributed by atoms with Crippen LogP contribution < -0.4 is 5.32 Å². The molecule has 2 aliphatic rings. The fourth-order valence-electron chi connectivity index (χ4n) is 3.02. The first-order valence-corrected chi connectivity index (χ1v) is 6.69. The predicted octanol–water partition coefficient (Wildman–Crippen LogP) is 1.64. The van der Waals surface area contributed by atoms with E-state index in [2.05, 4.69) is 5.32 Å². The van der Waals surface area contributed by atoms with Crippen LogP contribution in [0.25, 0.3) is 0 Å². The van der Waals surface area contributed by atoms with Gasteiger partial charge >= 0.3 is 5.97 Å². The van der Waals surface area contributed by atoms with Gasteiger partial charge in [0.1, 0.15) is 0 Å². The Morgan fingerprint density at radius 3 is 2.71 bits per heavy atom. The lowest BCUT2D eigenvalue weighted by Gasteiger charge is -2.37. The largest absolute Gasteiger partial charge is 0.481 e. The SMILES string of the molecule is COC1CC(NCC2CCCCC2C(=O)O)C1. The fraction of sp³-hybridized carbons (Fsp3) is 0.923. The second-order valence-electron chi connectivity index (χ2n) is 5.42. The Balaban J connectivity index is 1.72. The van der Waals surface area contributed by atoms with Crippen molar-refractivity contribution in [3.63, 3.8) is 0 Å². The summed E-state index contributed by atoms with van der Waals surface area (Å²) in [7, 11) is 1.75. The highest BCUT2D eigenvalue weighted by Crippen LogP contribution is 2.30. The summed E-state index contributed by atoms with van der Waals surface area (Å²) in [6, 6.07) is 0.538. The zero-order valence-electron chi connectivity index (χ0n) is 10.5. The minimum Gasteiger partial charge on any atom is -0.481 e. The monoisotopic (exact) mass is 241 g/mol. The van der Waals surface area contributed by atoms with Gasteiger partial charge in [0.05, 0.1) is 12.0 Å². The number of carboxylic acid groups (broad SMARTS) is 1. The molecule has 0 aliphatic heterocycles. The summed E-state index contributed by atoms with van der Waals surface area (Å²) in [5.74, 6) is -0.419. The maximum atomic E-state index is 11.1. The molecule has 2 saturated carbocycles. The molecule has 4 nitrogen and oxygen atoms in total. The van der Waals surface area contributed by atoms with Gasteiger partial charge in [-0.2, -0.15) is 0 Å². The van der Waals surface area contributed by atoms with Crippen LogP contribution in [0.1, 0.15) is 38.5 Å². The molecule has 2 N–H and O–H groups in total. The summed E-state index contributed by atoms with van der Waals surface area (Å²) >= 11 is 0. The Bertz CT molecular complexity index is 263. The molecule has 17 heavy (non-hydrogen) atoms. The molecule has 0 saturated heterocycles. The van der Waals surface area contributed by atoms with E-state index < -0.39 is 5.97 Å². The van der Waals surface area contributed by atoms with Crippen molar-refractivity contribution in [2.75, 3.05) is 13.7 Å². The summed E-state index contributed by atoms with van der Waals surface area (Å²) in [6.45, 7) is 0.859. The highest BCUT2D eigenvalue weighted by Gasteiger charge is 2.33. The third kappa shape index (κ3) is 3.19. The molecule has 2 fully saturated rings. The summed E-state index contributed by atoms with van der Waals surface area (Å²) in [5, 5.41) is 12.7. The van der Waals surface area contributed by atoms with Crippen molar-refractivity contribution in [2.45, 2.75) is 50.7 Å². The van der Waals surface area contributed by atoms with Crippen molar-refractivity contribution in [2.24, 2.45) is 11.8 Å². The highest BCUT2D eigenvalue weighted by molar-refractivity contribution is 5.70. The molecule has 0 aromatic rings. The second kappa shape index (κ2) is 5.83. The maximum absolute atomic E-state index is 11.1. The molecule has 0 bridgehead atoms. The van der Waals surface area contributed by atoms with Crippen molar-refractivity contribution in [3.8, 4) is 0 Å². The van der Waals surface area contributed by atoms with E-state index in [0.717, 1.165) is 38.6 Å². The lowest BCUT2D eigenvalue weighted by molar-refractivity contribution is -0.144. The van der Waals surface area contributed by atoms with Crippen LogP contribution in [0.2, 0.25) is 0 Å². The smallest absolute Gasteiger partial charge is 0.306 e. The molecule has 0 radical (unpaired) electrons. The third-order valence-electron chi connectivity index (χ3n) is 4.32. The van der Waals surface area contributed by atoms with Gasteiger partial charge in [0, 0.05) is 13.2 Å². The first-order valence-electron chi connectivity index (χ1n) is 6.69. The van der Waals surface area contributed by atoms with Gasteiger partial charge in [0.15, 0.2) is 0 Å². The topological polar surface area (TPSA) is 58.6 Å². The minimum atomic E-state index is -0.611. The van der Waals surface area contributed by atoms with Crippen LogP contribution in [-0.4, -0.2) is 36.9 Å². The standard InChI is InChI=1S/C13H23NO3/c1-17-11-6-10(7-11)14-8-9-4-2-3-5-12(9)13(15)16/h9-12,14H,2-8H2,1H3,(H,15,16). The van der Waals surface area contributed by atoms with Gasteiger partial charge in [-0.05, 0) is 38.1 Å². The molecule has 2 unspecified atom stereocenters. The molecule has 2 aliphatic carbocycles. The highest BCUT2D eigenvalue weighted by atomic mass is 16.5. The Morgan fingerprint density at radius 2 is 2.06 bits per heavy atom. The van der Waals surface area contributed by atoms with Crippen molar-refractivity contribution >= 4 is 5.97 Å². The number of carboxylic acids is 1. The van der Waals surface area contributed by atoms with Gasteiger partial charge in [-0.15, -0.1) is 0 Å². The van der Waals surface area contributed by atoms with Crippen LogP contribution in [0.5, 0.6) is 0 Å². The average molecular weight is 241 g/mol. The van der Waals surface area contributed by atoms with Gasteiger partial charge in [-0.25, -0.2) is 0 Å². The van der Waals surface area contributed by atoms with Gasteiger partial charge in [-0.3, -0.25) is 4.79 Å². The van der Waals surface area contributed by atoms with Gasteiger partial charge < -0.3 is 15.2 Å². The van der Waals surface area contributed by atoms with E-state index in [1.165, 1.54) is 6.42 Å². The average Bonchev–Trinajstić information content (AvgIpc) is 2.27. The molecule has 2 rings (SSSR count). The zero-order chi connectivity index (χ0) is 12.3. The molecule has 0 heterocycles. The summed E-state index contributed by atoms with van der Waals surface area (Å²) in [4.78, 5) is 11.1. The van der Waals surface area contributed by atoms with E-state index in [1.54, 1.807) is 7.11 Å². The number of nitrogens with one attached hydrogen (secondary N) is 1. The lowest BCUT2D eigenvalue weighted by atomic mass is 9.78. The Hall–Kier alpha value is -0.610. The molecule has 4 heteroatoms. The van der Waals surface area contributed by atoms with Crippen molar-refractivity contribution in [3.05, 3.63) is 0 Å². The molecule has 0 spiro atoms. The van der Waals surface area contributed by atoms with E-state index in [0.29, 0.717) is 18.1 Å². The first kappa shape index (κ1) is 12.8. The normalized spacial score (nSPS) is 37.5. The van der Waals surface area contributed by atoms with E-state index in [4.69, 9.17) is 4.74 Å². The van der Waals surface area contributed by atoms with Gasteiger partial charge in [0.25, 0.3) is 0 Å². The van der Waals surface area contributed by atoms with Crippen LogP contribution in [0.3, 0.4) is 0 Å². The van der Waals surface area contributed by atoms with E-state index in [-0.39, 0.29) is 5.92 Å². The molecule has 0 aromatic carbocycles. The van der Waals surface area contributed by atoms with E-state index in [9.17, 15) is 9.90 Å².